The fourth-order valence-electron chi connectivity index (χ4n) is 1.20. The van der Waals surface area contributed by atoms with Crippen molar-refractivity contribution in [1.82, 2.24) is 5.32 Å². The highest BCUT2D eigenvalue weighted by Crippen LogP contribution is 2.14. The molecule has 1 aromatic rings. The van der Waals surface area contributed by atoms with E-state index in [2.05, 4.69) is 5.32 Å². The molecule has 2 nitrogen and oxygen atoms in total. The number of hydrogen-bond acceptors (Lipinski definition) is 2. The number of nitrogens with one attached hydrogen (secondary N) is 1. The highest BCUT2D eigenvalue weighted by Gasteiger charge is 2.05. The highest BCUT2D eigenvalue weighted by atomic mass is 19.1. The van der Waals surface area contributed by atoms with Gasteiger partial charge in [-0.15, -0.1) is 0 Å². The number of benzene rings is 1. The number of rotatable bonds is 4. The summed E-state index contributed by atoms with van der Waals surface area (Å²) in [6.07, 6.45) is 0.819. The van der Waals surface area contributed by atoms with E-state index in [0.29, 0.717) is 0 Å². The van der Waals surface area contributed by atoms with Crippen LogP contribution >= 0.6 is 0 Å². The van der Waals surface area contributed by atoms with Crippen LogP contribution in [0.25, 0.3) is 0 Å². The maximum absolute atomic E-state index is 12.8. The molecule has 0 aliphatic carbocycles. The second-order valence-corrected chi connectivity index (χ2v) is 3.05. The summed E-state index contributed by atoms with van der Waals surface area (Å²) in [5.74, 6) is -0.225. The zero-order chi connectivity index (χ0) is 9.68. The molecule has 1 aromatic carbocycles. The minimum absolute atomic E-state index is 0.0804. The molecule has 0 fully saturated rings. The van der Waals surface area contributed by atoms with Gasteiger partial charge in [0.2, 0.25) is 0 Å². The predicted octanol–water partition coefficient (Wildman–Crippen LogP) is 1.43. The van der Waals surface area contributed by atoms with Crippen LogP contribution in [-0.2, 0) is 0 Å². The Balaban J connectivity index is 2.60. The van der Waals surface area contributed by atoms with Crippen LogP contribution < -0.4 is 11.1 Å². The average molecular weight is 182 g/mol. The second-order valence-electron chi connectivity index (χ2n) is 3.05. The van der Waals surface area contributed by atoms with Gasteiger partial charge in [-0.2, -0.15) is 0 Å². The van der Waals surface area contributed by atoms with Gasteiger partial charge in [-0.1, -0.05) is 12.1 Å². The quantitative estimate of drug-likeness (QED) is 0.739. The first-order chi connectivity index (χ1) is 6.24. The summed E-state index contributed by atoms with van der Waals surface area (Å²) in [4.78, 5) is 0. The molecular weight excluding hydrogens is 167 g/mol. The Hall–Kier alpha value is -0.930. The molecule has 1 rings (SSSR count). The van der Waals surface area contributed by atoms with Gasteiger partial charge in [0, 0.05) is 6.04 Å². The van der Waals surface area contributed by atoms with Crippen LogP contribution in [0.2, 0.25) is 0 Å². The van der Waals surface area contributed by atoms with E-state index in [-0.39, 0.29) is 11.9 Å². The van der Waals surface area contributed by atoms with E-state index in [1.807, 2.05) is 13.1 Å². The van der Waals surface area contributed by atoms with Gasteiger partial charge in [0.05, 0.1) is 0 Å². The minimum atomic E-state index is -0.225. The van der Waals surface area contributed by atoms with Gasteiger partial charge in [0.1, 0.15) is 5.82 Å². The lowest BCUT2D eigenvalue weighted by molar-refractivity contribution is 0.596. The molecule has 0 amide bonds. The van der Waals surface area contributed by atoms with Crippen LogP contribution in [0.1, 0.15) is 18.0 Å². The monoisotopic (exact) mass is 182 g/mol. The second kappa shape index (κ2) is 4.94. The van der Waals surface area contributed by atoms with E-state index in [9.17, 15) is 4.39 Å². The van der Waals surface area contributed by atoms with E-state index in [0.717, 1.165) is 18.5 Å². The highest BCUT2D eigenvalue weighted by molar-refractivity contribution is 5.19. The molecule has 0 saturated heterocycles. The van der Waals surface area contributed by atoms with E-state index in [1.54, 1.807) is 6.07 Å². The van der Waals surface area contributed by atoms with Gasteiger partial charge in [0.15, 0.2) is 0 Å². The van der Waals surface area contributed by atoms with Crippen molar-refractivity contribution in [2.75, 3.05) is 13.6 Å². The molecular formula is C10H15FN2. The van der Waals surface area contributed by atoms with E-state index in [4.69, 9.17) is 5.73 Å². The Labute approximate surface area is 77.9 Å². The predicted molar refractivity (Wildman–Crippen MR) is 51.9 cm³/mol. The summed E-state index contributed by atoms with van der Waals surface area (Å²) in [6.45, 7) is 0.845. The van der Waals surface area contributed by atoms with Crippen LogP contribution in [0.15, 0.2) is 24.3 Å². The fraction of sp³-hybridized carbons (Fsp3) is 0.400. The van der Waals surface area contributed by atoms with Crippen molar-refractivity contribution in [2.45, 2.75) is 12.5 Å². The van der Waals surface area contributed by atoms with Gasteiger partial charge >= 0.3 is 0 Å². The summed E-state index contributed by atoms with van der Waals surface area (Å²) >= 11 is 0. The van der Waals surface area contributed by atoms with Crippen molar-refractivity contribution >= 4 is 0 Å². The molecule has 0 spiro atoms. The summed E-state index contributed by atoms with van der Waals surface area (Å²) in [7, 11) is 1.87. The number of halogens is 1. The van der Waals surface area contributed by atoms with Gasteiger partial charge in [-0.3, -0.25) is 0 Å². The minimum Gasteiger partial charge on any atom is -0.324 e. The Kier molecular flexibility index (Phi) is 3.86. The molecule has 0 heterocycles. The Morgan fingerprint density at radius 2 is 2.31 bits per heavy atom. The molecule has 0 aliphatic rings. The zero-order valence-electron chi connectivity index (χ0n) is 7.76. The maximum Gasteiger partial charge on any atom is 0.123 e. The molecule has 1 atom stereocenters. The third kappa shape index (κ3) is 3.13. The molecule has 3 N–H and O–H groups in total. The lowest BCUT2D eigenvalue weighted by atomic mass is 10.0. The maximum atomic E-state index is 12.8. The lowest BCUT2D eigenvalue weighted by Gasteiger charge is -2.11. The molecule has 13 heavy (non-hydrogen) atoms. The standard InChI is InChI=1S/C10H15FN2/c1-13-6-5-10(12)8-3-2-4-9(11)7-8/h2-4,7,10,13H,5-6,12H2,1H3. The van der Waals surface area contributed by atoms with Crippen LogP contribution in [0.5, 0.6) is 0 Å². The number of nitrogens with two attached hydrogens (primary N) is 1. The summed E-state index contributed by atoms with van der Waals surface area (Å²) in [5, 5.41) is 3.01. The molecule has 0 aliphatic heterocycles. The van der Waals surface area contributed by atoms with Crippen molar-refractivity contribution in [2.24, 2.45) is 5.73 Å². The Bertz CT molecular complexity index is 263. The van der Waals surface area contributed by atoms with Gasteiger partial charge in [-0.05, 0) is 37.7 Å². The summed E-state index contributed by atoms with van der Waals surface area (Å²) < 4.78 is 12.8. The fourth-order valence-corrected chi connectivity index (χ4v) is 1.20. The van der Waals surface area contributed by atoms with Crippen molar-refractivity contribution in [3.05, 3.63) is 35.6 Å². The summed E-state index contributed by atoms with van der Waals surface area (Å²) in [6, 6.07) is 6.37. The van der Waals surface area contributed by atoms with Crippen molar-refractivity contribution in [3.8, 4) is 0 Å². The van der Waals surface area contributed by atoms with Crippen molar-refractivity contribution < 1.29 is 4.39 Å². The van der Waals surface area contributed by atoms with Crippen LogP contribution in [0, 0.1) is 5.82 Å². The summed E-state index contributed by atoms with van der Waals surface area (Å²) in [5.41, 5.74) is 6.70. The van der Waals surface area contributed by atoms with Gasteiger partial charge in [-0.25, -0.2) is 4.39 Å². The van der Waals surface area contributed by atoms with Gasteiger partial charge < -0.3 is 11.1 Å². The first kappa shape index (κ1) is 10.2. The molecule has 72 valence electrons. The van der Waals surface area contributed by atoms with Gasteiger partial charge in [0.25, 0.3) is 0 Å². The smallest absolute Gasteiger partial charge is 0.123 e. The Morgan fingerprint density at radius 3 is 2.92 bits per heavy atom. The van der Waals surface area contributed by atoms with Crippen molar-refractivity contribution in [1.29, 1.82) is 0 Å². The van der Waals surface area contributed by atoms with Crippen LogP contribution in [0.4, 0.5) is 4.39 Å². The first-order valence-corrected chi connectivity index (χ1v) is 4.39. The SMILES string of the molecule is CNCCC(N)c1cccc(F)c1. The molecule has 0 radical (unpaired) electrons. The largest absolute Gasteiger partial charge is 0.324 e. The molecule has 0 saturated carbocycles. The van der Waals surface area contributed by atoms with Crippen LogP contribution in [0.3, 0.4) is 0 Å². The van der Waals surface area contributed by atoms with E-state index < -0.39 is 0 Å². The molecule has 0 aromatic heterocycles. The molecule has 0 bridgehead atoms. The Morgan fingerprint density at radius 1 is 1.54 bits per heavy atom. The molecule has 1 unspecified atom stereocenters. The average Bonchev–Trinajstić information content (AvgIpc) is 2.14. The third-order valence-electron chi connectivity index (χ3n) is 1.98. The zero-order valence-corrected chi connectivity index (χ0v) is 7.76. The van der Waals surface area contributed by atoms with E-state index >= 15 is 0 Å². The normalized spacial score (nSPS) is 12.8. The van der Waals surface area contributed by atoms with Crippen molar-refractivity contribution in [3.63, 3.8) is 0 Å². The topological polar surface area (TPSA) is 38.0 Å². The van der Waals surface area contributed by atoms with Crippen LogP contribution in [-0.4, -0.2) is 13.6 Å². The molecule has 3 heteroatoms. The first-order valence-electron chi connectivity index (χ1n) is 4.39. The lowest BCUT2D eigenvalue weighted by Crippen LogP contribution is -2.17. The number of hydrogen-bond donors (Lipinski definition) is 2. The third-order valence-corrected chi connectivity index (χ3v) is 1.98. The van der Waals surface area contributed by atoms with E-state index in [1.165, 1.54) is 12.1 Å².